The van der Waals surface area contributed by atoms with Crippen molar-refractivity contribution in [3.8, 4) is 5.69 Å². The van der Waals surface area contributed by atoms with E-state index in [0.29, 0.717) is 11.1 Å². The van der Waals surface area contributed by atoms with Crippen LogP contribution in [0, 0.1) is 0 Å². The van der Waals surface area contributed by atoms with E-state index >= 15 is 0 Å². The predicted molar refractivity (Wildman–Crippen MR) is 156 cm³/mol. The molecule has 1 fully saturated rings. The number of ketones is 1. The first-order chi connectivity index (χ1) is 18.7. The molecule has 0 bridgehead atoms. The Kier molecular flexibility index (Phi) is 7.57. The second kappa shape index (κ2) is 11.1. The standard InChI is InChI=1S/C31H33N3O4S/c1-31(2,3)38-30(37)33-22-16-14-21(15-17-22)32-28-26(27(36)20-10-6-4-7-11-20)24-18-19-25(35)34(29(24)39-28)23-12-8-5-9-13-23/h4-13,18-19,21-22,32H,14-17H2,1-3H3,(H,33,37). The summed E-state index contributed by atoms with van der Waals surface area (Å²) in [6.45, 7) is 5.55. The Morgan fingerprint density at radius 1 is 0.872 bits per heavy atom. The van der Waals surface area contributed by atoms with Crippen molar-refractivity contribution in [2.75, 3.05) is 5.32 Å². The molecule has 8 heteroatoms. The Labute approximate surface area is 231 Å². The van der Waals surface area contributed by atoms with Crippen LogP contribution < -0.4 is 16.2 Å². The molecular formula is C31H33N3O4S. The molecule has 202 valence electrons. The first kappa shape index (κ1) is 26.7. The quantitative estimate of drug-likeness (QED) is 0.270. The van der Waals surface area contributed by atoms with Gasteiger partial charge in [-0.2, -0.15) is 0 Å². The molecule has 0 saturated heterocycles. The van der Waals surface area contributed by atoms with Crippen LogP contribution in [0.3, 0.4) is 0 Å². The van der Waals surface area contributed by atoms with Crippen molar-refractivity contribution in [3.05, 3.63) is 94.3 Å². The zero-order chi connectivity index (χ0) is 27.6. The number of alkyl carbamates (subject to hydrolysis) is 1. The number of aromatic nitrogens is 1. The number of nitrogens with zero attached hydrogens (tertiary/aromatic N) is 1. The number of pyridine rings is 1. The number of nitrogens with one attached hydrogen (secondary N) is 2. The highest BCUT2D eigenvalue weighted by atomic mass is 32.1. The largest absolute Gasteiger partial charge is 0.444 e. The third kappa shape index (κ3) is 6.06. The topological polar surface area (TPSA) is 89.4 Å². The molecule has 5 rings (SSSR count). The highest BCUT2D eigenvalue weighted by Crippen LogP contribution is 2.39. The number of hydrogen-bond donors (Lipinski definition) is 2. The summed E-state index contributed by atoms with van der Waals surface area (Å²) in [6, 6.07) is 22.2. The number of thiophene rings is 1. The molecule has 4 aromatic rings. The van der Waals surface area contributed by atoms with Crippen molar-refractivity contribution >= 4 is 38.4 Å². The van der Waals surface area contributed by atoms with Gasteiger partial charge < -0.3 is 15.4 Å². The Morgan fingerprint density at radius 2 is 1.49 bits per heavy atom. The van der Waals surface area contributed by atoms with Crippen LogP contribution in [0.5, 0.6) is 0 Å². The molecule has 0 unspecified atom stereocenters. The summed E-state index contributed by atoms with van der Waals surface area (Å²) in [7, 11) is 0. The fourth-order valence-corrected chi connectivity index (χ4v) is 6.30. The summed E-state index contributed by atoms with van der Waals surface area (Å²) >= 11 is 1.44. The summed E-state index contributed by atoms with van der Waals surface area (Å²) in [5, 5.41) is 8.14. The molecular weight excluding hydrogens is 510 g/mol. The van der Waals surface area contributed by atoms with Gasteiger partial charge in [-0.15, -0.1) is 0 Å². The molecule has 1 saturated carbocycles. The summed E-state index contributed by atoms with van der Waals surface area (Å²) in [4.78, 5) is 39.8. The lowest BCUT2D eigenvalue weighted by Gasteiger charge is -2.31. The molecule has 7 nitrogen and oxygen atoms in total. The molecule has 39 heavy (non-hydrogen) atoms. The minimum Gasteiger partial charge on any atom is -0.444 e. The number of ether oxygens (including phenoxy) is 1. The lowest BCUT2D eigenvalue weighted by molar-refractivity contribution is 0.0492. The van der Waals surface area contributed by atoms with Crippen LogP contribution in [0.2, 0.25) is 0 Å². The van der Waals surface area contributed by atoms with Gasteiger partial charge in [-0.3, -0.25) is 14.2 Å². The number of fused-ring (bicyclic) bond motifs is 1. The van der Waals surface area contributed by atoms with Crippen molar-refractivity contribution in [2.45, 2.75) is 64.1 Å². The first-order valence-corrected chi connectivity index (χ1v) is 14.1. The zero-order valence-corrected chi connectivity index (χ0v) is 23.2. The fraction of sp³-hybridized carbons (Fsp3) is 0.323. The second-order valence-corrected chi connectivity index (χ2v) is 11.9. The van der Waals surface area contributed by atoms with Crippen LogP contribution in [-0.4, -0.2) is 34.1 Å². The molecule has 2 heterocycles. The third-order valence-corrected chi connectivity index (χ3v) is 7.92. The minimum absolute atomic E-state index is 0.0500. The number of carbonyl (C=O) groups is 2. The maximum atomic E-state index is 13.8. The summed E-state index contributed by atoms with van der Waals surface area (Å²) in [5.74, 6) is -0.0807. The summed E-state index contributed by atoms with van der Waals surface area (Å²) in [6.07, 6.45) is 2.88. The first-order valence-electron chi connectivity index (χ1n) is 13.3. The van der Waals surface area contributed by atoms with Gasteiger partial charge in [0.05, 0.1) is 11.3 Å². The molecule has 2 aromatic carbocycles. The Morgan fingerprint density at radius 3 is 2.13 bits per heavy atom. The van der Waals surface area contributed by atoms with Crippen molar-refractivity contribution < 1.29 is 14.3 Å². The van der Waals surface area contributed by atoms with Gasteiger partial charge in [0.1, 0.15) is 15.4 Å². The van der Waals surface area contributed by atoms with Gasteiger partial charge in [0.25, 0.3) is 5.56 Å². The van der Waals surface area contributed by atoms with Crippen molar-refractivity contribution in [1.82, 2.24) is 9.88 Å². The van der Waals surface area contributed by atoms with Crippen LogP contribution in [0.4, 0.5) is 9.80 Å². The molecule has 0 aliphatic heterocycles. The molecule has 1 aliphatic rings. The number of benzene rings is 2. The molecule has 2 aromatic heterocycles. The van der Waals surface area contributed by atoms with Gasteiger partial charge in [0, 0.05) is 29.1 Å². The van der Waals surface area contributed by atoms with Gasteiger partial charge in [0.2, 0.25) is 0 Å². The maximum absolute atomic E-state index is 13.8. The highest BCUT2D eigenvalue weighted by Gasteiger charge is 2.28. The molecule has 1 amide bonds. The van der Waals surface area contributed by atoms with Crippen LogP contribution in [0.25, 0.3) is 15.9 Å². The maximum Gasteiger partial charge on any atom is 0.407 e. The Bertz CT molecular complexity index is 1530. The van der Waals surface area contributed by atoms with E-state index in [1.807, 2.05) is 81.4 Å². The molecule has 0 radical (unpaired) electrons. The molecule has 0 spiro atoms. The SMILES string of the molecule is CC(C)(C)OC(=O)NC1CCC(Nc2sc3c(ccc(=O)n3-c3ccccc3)c2C(=O)c2ccccc2)CC1. The average molecular weight is 544 g/mol. The van der Waals surface area contributed by atoms with Crippen LogP contribution in [0.1, 0.15) is 62.4 Å². The van der Waals surface area contributed by atoms with Crippen LogP contribution in [-0.2, 0) is 4.74 Å². The zero-order valence-electron chi connectivity index (χ0n) is 22.4. The molecule has 1 aliphatic carbocycles. The van der Waals surface area contributed by atoms with Gasteiger partial charge >= 0.3 is 6.09 Å². The number of hydrogen-bond acceptors (Lipinski definition) is 6. The van der Waals surface area contributed by atoms with Crippen molar-refractivity contribution in [3.63, 3.8) is 0 Å². The van der Waals surface area contributed by atoms with E-state index < -0.39 is 11.7 Å². The van der Waals surface area contributed by atoms with Gasteiger partial charge in [-0.05, 0) is 64.7 Å². The van der Waals surface area contributed by atoms with Crippen LogP contribution in [0.15, 0.2) is 77.6 Å². The highest BCUT2D eigenvalue weighted by molar-refractivity contribution is 7.23. The van der Waals surface area contributed by atoms with E-state index in [9.17, 15) is 14.4 Å². The van der Waals surface area contributed by atoms with E-state index in [2.05, 4.69) is 10.6 Å². The lowest BCUT2D eigenvalue weighted by Crippen LogP contribution is -2.42. The Hall–Kier alpha value is -3.91. The average Bonchev–Trinajstić information content (AvgIpc) is 3.26. The fourth-order valence-electron chi connectivity index (χ4n) is 5.01. The van der Waals surface area contributed by atoms with Crippen molar-refractivity contribution in [2.24, 2.45) is 0 Å². The number of para-hydroxylation sites is 1. The molecule has 2 N–H and O–H groups in total. The van der Waals surface area contributed by atoms with Gasteiger partial charge in [-0.1, -0.05) is 59.9 Å². The smallest absolute Gasteiger partial charge is 0.407 e. The van der Waals surface area contributed by atoms with Crippen molar-refractivity contribution in [1.29, 1.82) is 0 Å². The lowest BCUT2D eigenvalue weighted by atomic mass is 9.91. The number of carbonyl (C=O) groups excluding carboxylic acids is 2. The van der Waals surface area contributed by atoms with E-state index in [-0.39, 0.29) is 23.4 Å². The molecule has 0 atom stereocenters. The third-order valence-electron chi connectivity index (χ3n) is 6.80. The monoisotopic (exact) mass is 543 g/mol. The second-order valence-electron chi connectivity index (χ2n) is 10.9. The van der Waals surface area contributed by atoms with E-state index in [1.54, 1.807) is 10.6 Å². The Balaban J connectivity index is 1.45. The summed E-state index contributed by atoms with van der Waals surface area (Å²) < 4.78 is 7.08. The predicted octanol–water partition coefficient (Wildman–Crippen LogP) is 6.53. The van der Waals surface area contributed by atoms with E-state index in [4.69, 9.17) is 4.74 Å². The van der Waals surface area contributed by atoms with Crippen LogP contribution >= 0.6 is 11.3 Å². The number of rotatable bonds is 6. The minimum atomic E-state index is -0.535. The van der Waals surface area contributed by atoms with E-state index in [1.165, 1.54) is 17.4 Å². The van der Waals surface area contributed by atoms with Gasteiger partial charge in [0.15, 0.2) is 5.78 Å². The normalized spacial score (nSPS) is 17.5. The number of anilines is 1. The van der Waals surface area contributed by atoms with E-state index in [0.717, 1.165) is 46.6 Å². The number of amides is 1. The summed E-state index contributed by atoms with van der Waals surface area (Å²) in [5.41, 5.74) is 1.26. The van der Waals surface area contributed by atoms with Gasteiger partial charge in [-0.25, -0.2) is 4.79 Å².